The Bertz CT molecular complexity index is 671. The second kappa shape index (κ2) is 8.72. The second-order valence-electron chi connectivity index (χ2n) is 5.51. The molecule has 0 radical (unpaired) electrons. The number of hydrogen-bond donors (Lipinski definition) is 2. The van der Waals surface area contributed by atoms with Crippen LogP contribution in [0.4, 0.5) is 0 Å². The molecule has 2 rings (SSSR count). The fraction of sp³-hybridized carbons (Fsp3) is 0.278. The Morgan fingerprint density at radius 2 is 1.79 bits per heavy atom. The van der Waals surface area contributed by atoms with Crippen molar-refractivity contribution in [3.05, 3.63) is 71.3 Å². The number of halogens is 3. The molecule has 0 aliphatic heterocycles. The zero-order chi connectivity index (χ0) is 17.6. The minimum atomic E-state index is -1.66. The number of nitrogens with one attached hydrogen (secondary N) is 2. The third kappa shape index (κ3) is 5.99. The highest BCUT2D eigenvalue weighted by molar-refractivity contribution is 6.68. The average molecular weight is 386 g/mol. The Kier molecular flexibility index (Phi) is 6.93. The first-order valence-electron chi connectivity index (χ1n) is 7.58. The molecule has 0 aliphatic rings. The lowest BCUT2D eigenvalue weighted by Crippen LogP contribution is -2.53. The van der Waals surface area contributed by atoms with Crippen LogP contribution < -0.4 is 10.6 Å². The molecule has 0 unspecified atom stereocenters. The molecule has 0 saturated heterocycles. The van der Waals surface area contributed by atoms with E-state index in [0.717, 1.165) is 17.5 Å². The van der Waals surface area contributed by atoms with Crippen LogP contribution in [0.25, 0.3) is 0 Å². The van der Waals surface area contributed by atoms with Gasteiger partial charge >= 0.3 is 0 Å². The fourth-order valence-electron chi connectivity index (χ4n) is 2.25. The van der Waals surface area contributed by atoms with Crippen LogP contribution >= 0.6 is 34.8 Å². The number of benzene rings is 2. The molecule has 2 aromatic rings. The highest BCUT2D eigenvalue weighted by Gasteiger charge is 2.33. The van der Waals surface area contributed by atoms with Gasteiger partial charge in [-0.1, -0.05) is 82.8 Å². The van der Waals surface area contributed by atoms with Crippen LogP contribution in [0, 0.1) is 6.92 Å². The molecule has 128 valence electrons. The predicted octanol–water partition coefficient (Wildman–Crippen LogP) is 4.25. The Labute approximate surface area is 157 Å². The molecule has 2 N–H and O–H groups in total. The SMILES string of the molecule is Cc1cccc(C(=O)N[C@@H](NCCc2ccccc2)C(Cl)(Cl)Cl)c1. The van der Waals surface area contributed by atoms with Crippen molar-refractivity contribution in [1.82, 2.24) is 10.6 Å². The molecule has 0 spiro atoms. The van der Waals surface area contributed by atoms with Crippen molar-refractivity contribution < 1.29 is 4.79 Å². The minimum absolute atomic E-state index is 0.290. The first-order chi connectivity index (χ1) is 11.4. The summed E-state index contributed by atoms with van der Waals surface area (Å²) in [5.41, 5.74) is 2.68. The van der Waals surface area contributed by atoms with E-state index in [9.17, 15) is 4.79 Å². The lowest BCUT2D eigenvalue weighted by atomic mass is 10.1. The van der Waals surface area contributed by atoms with Gasteiger partial charge in [0.15, 0.2) is 0 Å². The molecule has 3 nitrogen and oxygen atoms in total. The molecule has 0 saturated carbocycles. The zero-order valence-corrected chi connectivity index (χ0v) is 15.5. The van der Waals surface area contributed by atoms with Gasteiger partial charge in [0.1, 0.15) is 6.17 Å². The van der Waals surface area contributed by atoms with Crippen LogP contribution in [0.5, 0.6) is 0 Å². The second-order valence-corrected chi connectivity index (χ2v) is 7.88. The molecule has 0 aromatic heterocycles. The molecule has 0 aliphatic carbocycles. The maximum absolute atomic E-state index is 12.4. The van der Waals surface area contributed by atoms with E-state index in [-0.39, 0.29) is 5.91 Å². The number of rotatable bonds is 6. The molecule has 1 atom stereocenters. The van der Waals surface area contributed by atoms with Crippen LogP contribution in [-0.2, 0) is 6.42 Å². The van der Waals surface area contributed by atoms with Gasteiger partial charge in [-0.2, -0.15) is 0 Å². The van der Waals surface area contributed by atoms with Gasteiger partial charge in [-0.05, 0) is 31.0 Å². The number of carbonyl (C=O) groups excluding carboxylic acids is 1. The van der Waals surface area contributed by atoms with Crippen molar-refractivity contribution in [1.29, 1.82) is 0 Å². The number of hydrogen-bond acceptors (Lipinski definition) is 2. The van der Waals surface area contributed by atoms with Gasteiger partial charge in [0, 0.05) is 12.1 Å². The number of carbonyl (C=O) groups is 1. The Balaban J connectivity index is 1.97. The Hall–Kier alpha value is -1.26. The molecule has 0 heterocycles. The third-order valence-corrected chi connectivity index (χ3v) is 4.14. The van der Waals surface area contributed by atoms with E-state index in [2.05, 4.69) is 10.6 Å². The van der Waals surface area contributed by atoms with Gasteiger partial charge in [-0.3, -0.25) is 10.1 Å². The van der Waals surface area contributed by atoms with Gasteiger partial charge < -0.3 is 5.32 Å². The molecule has 6 heteroatoms. The van der Waals surface area contributed by atoms with Crippen LogP contribution in [-0.4, -0.2) is 22.4 Å². The van der Waals surface area contributed by atoms with Gasteiger partial charge in [0.2, 0.25) is 3.79 Å². The molecule has 0 bridgehead atoms. The summed E-state index contributed by atoms with van der Waals surface area (Å²) in [6.45, 7) is 2.48. The van der Waals surface area contributed by atoms with Crippen molar-refractivity contribution >= 4 is 40.7 Å². The minimum Gasteiger partial charge on any atom is -0.333 e. The zero-order valence-electron chi connectivity index (χ0n) is 13.2. The van der Waals surface area contributed by atoms with E-state index < -0.39 is 9.96 Å². The van der Waals surface area contributed by atoms with Crippen molar-refractivity contribution in [2.45, 2.75) is 23.3 Å². The van der Waals surface area contributed by atoms with Crippen molar-refractivity contribution in [3.8, 4) is 0 Å². The number of aryl methyl sites for hydroxylation is 1. The Morgan fingerprint density at radius 3 is 2.42 bits per heavy atom. The molecular weight excluding hydrogens is 367 g/mol. The standard InChI is InChI=1S/C18H19Cl3N2O/c1-13-6-5-9-15(12-13)16(24)23-17(18(19,20)21)22-11-10-14-7-3-2-4-8-14/h2-9,12,17,22H,10-11H2,1H3,(H,23,24)/t17-/m1/s1. The summed E-state index contributed by atoms with van der Waals surface area (Å²) in [7, 11) is 0. The summed E-state index contributed by atoms with van der Waals surface area (Å²) in [5, 5.41) is 5.84. The Morgan fingerprint density at radius 1 is 1.08 bits per heavy atom. The first-order valence-corrected chi connectivity index (χ1v) is 8.71. The molecule has 24 heavy (non-hydrogen) atoms. The van der Waals surface area contributed by atoms with E-state index in [0.29, 0.717) is 12.1 Å². The highest BCUT2D eigenvalue weighted by Crippen LogP contribution is 2.29. The maximum Gasteiger partial charge on any atom is 0.252 e. The van der Waals surface area contributed by atoms with E-state index in [4.69, 9.17) is 34.8 Å². The van der Waals surface area contributed by atoms with Crippen molar-refractivity contribution in [3.63, 3.8) is 0 Å². The van der Waals surface area contributed by atoms with Crippen molar-refractivity contribution in [2.75, 3.05) is 6.54 Å². The van der Waals surface area contributed by atoms with Gasteiger partial charge in [-0.25, -0.2) is 0 Å². The van der Waals surface area contributed by atoms with Crippen LogP contribution in [0.2, 0.25) is 0 Å². The predicted molar refractivity (Wildman–Crippen MR) is 101 cm³/mol. The highest BCUT2D eigenvalue weighted by atomic mass is 35.6. The summed E-state index contributed by atoms with van der Waals surface area (Å²) in [6, 6.07) is 17.2. The van der Waals surface area contributed by atoms with Gasteiger partial charge in [0.25, 0.3) is 5.91 Å². The topological polar surface area (TPSA) is 41.1 Å². The molecule has 0 fully saturated rings. The number of alkyl halides is 3. The van der Waals surface area contributed by atoms with Crippen LogP contribution in [0.1, 0.15) is 21.5 Å². The van der Waals surface area contributed by atoms with Crippen molar-refractivity contribution in [2.24, 2.45) is 0 Å². The third-order valence-electron chi connectivity index (χ3n) is 3.49. The lowest BCUT2D eigenvalue weighted by Gasteiger charge is -2.26. The van der Waals surface area contributed by atoms with E-state index >= 15 is 0 Å². The molecule has 1 amide bonds. The monoisotopic (exact) mass is 384 g/mol. The quantitative estimate of drug-likeness (QED) is 0.576. The smallest absolute Gasteiger partial charge is 0.252 e. The average Bonchev–Trinajstić information content (AvgIpc) is 2.54. The summed E-state index contributed by atoms with van der Waals surface area (Å²) in [4.78, 5) is 12.4. The molecule has 2 aromatic carbocycles. The molecular formula is C18H19Cl3N2O. The van der Waals surface area contributed by atoms with E-state index in [1.165, 1.54) is 0 Å². The van der Waals surface area contributed by atoms with Crippen LogP contribution in [0.15, 0.2) is 54.6 Å². The summed E-state index contributed by atoms with van der Waals surface area (Å²) in [6.07, 6.45) is -0.0301. The maximum atomic E-state index is 12.4. The normalized spacial score (nSPS) is 12.7. The summed E-state index contributed by atoms with van der Waals surface area (Å²) in [5.74, 6) is -0.290. The first kappa shape index (κ1) is 19.1. The van der Waals surface area contributed by atoms with Gasteiger partial charge in [0.05, 0.1) is 0 Å². The fourth-order valence-corrected chi connectivity index (χ4v) is 2.65. The number of amides is 1. The van der Waals surface area contributed by atoms with Gasteiger partial charge in [-0.15, -0.1) is 0 Å². The van der Waals surface area contributed by atoms with E-state index in [1.54, 1.807) is 12.1 Å². The lowest BCUT2D eigenvalue weighted by molar-refractivity contribution is 0.0930. The summed E-state index contributed by atoms with van der Waals surface area (Å²) < 4.78 is -1.66. The largest absolute Gasteiger partial charge is 0.333 e. The van der Waals surface area contributed by atoms with Crippen LogP contribution in [0.3, 0.4) is 0 Å². The van der Waals surface area contributed by atoms with E-state index in [1.807, 2.05) is 49.4 Å². The summed E-state index contributed by atoms with van der Waals surface area (Å²) >= 11 is 18.0.